The van der Waals surface area contributed by atoms with E-state index >= 15 is 0 Å². The predicted molar refractivity (Wildman–Crippen MR) is 101 cm³/mol. The number of carbonyl (C=O) groups excluding carboxylic acids is 1. The van der Waals surface area contributed by atoms with Crippen molar-refractivity contribution in [2.45, 2.75) is 25.2 Å². The molecule has 0 spiro atoms. The zero-order valence-corrected chi connectivity index (χ0v) is 15.4. The molecule has 9 heteroatoms. The summed E-state index contributed by atoms with van der Waals surface area (Å²) in [5.41, 5.74) is 1.08. The molecule has 2 heterocycles. The van der Waals surface area contributed by atoms with E-state index in [1.807, 2.05) is 0 Å². The first-order chi connectivity index (χ1) is 13.3. The molecule has 1 aliphatic carbocycles. The summed E-state index contributed by atoms with van der Waals surface area (Å²) in [6.45, 7) is 0. The van der Waals surface area contributed by atoms with Gasteiger partial charge in [0.1, 0.15) is 5.82 Å². The van der Waals surface area contributed by atoms with E-state index in [0.717, 1.165) is 4.57 Å². The molecule has 0 saturated heterocycles. The van der Waals surface area contributed by atoms with Crippen LogP contribution in [0.1, 0.15) is 36.3 Å². The van der Waals surface area contributed by atoms with Gasteiger partial charge in [-0.1, -0.05) is 12.1 Å². The largest absolute Gasteiger partial charge is 0.344 e. The number of allylic oxidation sites excluding steroid dienone is 2. The number of ketones is 1. The zero-order chi connectivity index (χ0) is 20.2. The van der Waals surface area contributed by atoms with E-state index in [4.69, 9.17) is 0 Å². The number of nitrogens with one attached hydrogen (secondary N) is 1. The molecular weight excluding hydrogens is 364 g/mol. The van der Waals surface area contributed by atoms with Crippen molar-refractivity contribution >= 4 is 17.3 Å². The van der Waals surface area contributed by atoms with E-state index in [2.05, 4.69) is 5.32 Å². The van der Waals surface area contributed by atoms with Crippen LogP contribution in [0.3, 0.4) is 0 Å². The van der Waals surface area contributed by atoms with Crippen molar-refractivity contribution in [1.82, 2.24) is 9.13 Å². The second-order valence-corrected chi connectivity index (χ2v) is 7.04. The van der Waals surface area contributed by atoms with Gasteiger partial charge < -0.3 is 5.32 Å². The van der Waals surface area contributed by atoms with Crippen molar-refractivity contribution in [3.8, 4) is 0 Å². The van der Waals surface area contributed by atoms with Crippen molar-refractivity contribution in [2.75, 3.05) is 5.32 Å². The first kappa shape index (κ1) is 17.9. The van der Waals surface area contributed by atoms with Gasteiger partial charge in [0, 0.05) is 49.8 Å². The highest BCUT2D eigenvalue weighted by molar-refractivity contribution is 6.00. The number of nitro groups is 1. The first-order valence-electron chi connectivity index (χ1n) is 8.88. The third kappa shape index (κ3) is 2.50. The molecule has 0 unspecified atom stereocenters. The van der Waals surface area contributed by atoms with Gasteiger partial charge in [0.2, 0.25) is 0 Å². The van der Waals surface area contributed by atoms with Crippen LogP contribution in [0.25, 0.3) is 0 Å². The van der Waals surface area contributed by atoms with Crippen LogP contribution in [0.2, 0.25) is 0 Å². The summed E-state index contributed by atoms with van der Waals surface area (Å²) in [6.07, 6.45) is 1.70. The first-order valence-corrected chi connectivity index (χ1v) is 8.88. The van der Waals surface area contributed by atoms with Crippen LogP contribution in [0.4, 0.5) is 11.5 Å². The van der Waals surface area contributed by atoms with Crippen molar-refractivity contribution in [3.63, 3.8) is 0 Å². The lowest BCUT2D eigenvalue weighted by Gasteiger charge is -2.34. The molecule has 1 N–H and O–H groups in total. The van der Waals surface area contributed by atoms with Crippen LogP contribution in [-0.2, 0) is 18.9 Å². The van der Waals surface area contributed by atoms with E-state index < -0.39 is 22.1 Å². The number of nitro benzene ring substituents is 1. The molecule has 1 aromatic heterocycles. The van der Waals surface area contributed by atoms with Crippen LogP contribution in [0.15, 0.2) is 45.1 Å². The molecule has 0 bridgehead atoms. The SMILES string of the molecule is Cn1c2c(c(=O)n(C)c1=O)[C@@H](c1ccc([N+](=O)[O-])cc1)C1=C(CCCC1=O)N2. The Morgan fingerprint density at radius 1 is 1.07 bits per heavy atom. The molecule has 0 saturated carbocycles. The Morgan fingerprint density at radius 2 is 1.75 bits per heavy atom. The molecule has 28 heavy (non-hydrogen) atoms. The number of rotatable bonds is 2. The van der Waals surface area contributed by atoms with Gasteiger partial charge in [-0.15, -0.1) is 0 Å². The highest BCUT2D eigenvalue weighted by Crippen LogP contribution is 2.43. The average Bonchev–Trinajstić information content (AvgIpc) is 2.69. The minimum absolute atomic E-state index is 0.0568. The van der Waals surface area contributed by atoms with Crippen molar-refractivity contribution in [2.24, 2.45) is 14.1 Å². The van der Waals surface area contributed by atoms with Gasteiger partial charge in [-0.25, -0.2) is 4.79 Å². The summed E-state index contributed by atoms with van der Waals surface area (Å²) in [4.78, 5) is 48.6. The van der Waals surface area contributed by atoms with Gasteiger partial charge in [0.15, 0.2) is 5.78 Å². The fraction of sp³-hybridized carbons (Fsp3) is 0.316. The standard InChI is InChI=1S/C19H18N4O5/c1-21-17-16(18(25)22(2)19(21)26)14(10-6-8-11(9-7-10)23(27)28)15-12(20-17)4-3-5-13(15)24/h6-9,14,20H,3-5H2,1-2H3/t14-/m0/s1. The zero-order valence-electron chi connectivity index (χ0n) is 15.4. The highest BCUT2D eigenvalue weighted by atomic mass is 16.6. The minimum atomic E-state index is -0.676. The Morgan fingerprint density at radius 3 is 2.39 bits per heavy atom. The van der Waals surface area contributed by atoms with E-state index in [1.54, 1.807) is 19.2 Å². The molecule has 0 amide bonds. The lowest BCUT2D eigenvalue weighted by Crippen LogP contribution is -2.44. The molecule has 1 aliphatic heterocycles. The van der Waals surface area contributed by atoms with Crippen molar-refractivity contribution in [1.29, 1.82) is 0 Å². The summed E-state index contributed by atoms with van der Waals surface area (Å²) in [7, 11) is 2.96. The highest BCUT2D eigenvalue weighted by Gasteiger charge is 2.38. The van der Waals surface area contributed by atoms with Gasteiger partial charge in [-0.2, -0.15) is 0 Å². The van der Waals surface area contributed by atoms with Crippen molar-refractivity contribution in [3.05, 3.63) is 77.6 Å². The van der Waals surface area contributed by atoms with E-state index in [9.17, 15) is 24.5 Å². The van der Waals surface area contributed by atoms with Crippen LogP contribution in [0, 0.1) is 10.1 Å². The number of carbonyl (C=O) groups is 1. The van der Waals surface area contributed by atoms with Gasteiger partial charge in [0.05, 0.1) is 10.5 Å². The van der Waals surface area contributed by atoms with Gasteiger partial charge in [0.25, 0.3) is 11.2 Å². The normalized spacial score (nSPS) is 18.4. The Balaban J connectivity index is 2.03. The summed E-state index contributed by atoms with van der Waals surface area (Å²) in [5.74, 6) is -0.367. The third-order valence-corrected chi connectivity index (χ3v) is 5.44. The molecule has 9 nitrogen and oxygen atoms in total. The molecule has 144 valence electrons. The molecule has 0 radical (unpaired) electrons. The number of benzene rings is 1. The number of hydrogen-bond donors (Lipinski definition) is 1. The molecular formula is C19H18N4O5. The minimum Gasteiger partial charge on any atom is -0.344 e. The smallest absolute Gasteiger partial charge is 0.332 e. The predicted octanol–water partition coefficient (Wildman–Crippen LogP) is 1.56. The number of anilines is 1. The van der Waals surface area contributed by atoms with Crippen LogP contribution < -0.4 is 16.6 Å². The number of hydrogen-bond acceptors (Lipinski definition) is 6. The number of fused-ring (bicyclic) bond motifs is 1. The summed E-state index contributed by atoms with van der Waals surface area (Å²) in [6, 6.07) is 5.85. The van der Waals surface area contributed by atoms with Crippen LogP contribution in [0.5, 0.6) is 0 Å². The lowest BCUT2D eigenvalue weighted by molar-refractivity contribution is -0.384. The molecule has 4 rings (SSSR count). The number of aromatic nitrogens is 2. The molecule has 0 fully saturated rings. The number of Topliss-reactive ketones (excluding diaryl/α,β-unsaturated/α-hetero) is 1. The molecule has 2 aromatic rings. The monoisotopic (exact) mass is 382 g/mol. The Labute approximate surface area is 159 Å². The van der Waals surface area contributed by atoms with E-state index in [-0.39, 0.29) is 11.5 Å². The summed E-state index contributed by atoms with van der Waals surface area (Å²) < 4.78 is 2.37. The maximum absolute atomic E-state index is 13.0. The molecule has 1 aromatic carbocycles. The second kappa shape index (κ2) is 6.29. The van der Waals surface area contributed by atoms with Crippen LogP contribution in [-0.4, -0.2) is 19.8 Å². The summed E-state index contributed by atoms with van der Waals surface area (Å²) in [5, 5.41) is 14.1. The lowest BCUT2D eigenvalue weighted by atomic mass is 9.76. The van der Waals surface area contributed by atoms with Gasteiger partial charge in [-0.05, 0) is 18.4 Å². The Hall–Kier alpha value is -3.49. The quantitative estimate of drug-likeness (QED) is 0.622. The Bertz CT molecular complexity index is 1170. The average molecular weight is 382 g/mol. The van der Waals surface area contributed by atoms with E-state index in [0.29, 0.717) is 47.5 Å². The van der Waals surface area contributed by atoms with Gasteiger partial charge in [-0.3, -0.25) is 28.8 Å². The fourth-order valence-electron chi connectivity index (χ4n) is 4.02. The van der Waals surface area contributed by atoms with Crippen molar-refractivity contribution < 1.29 is 9.72 Å². The van der Waals surface area contributed by atoms with E-state index in [1.165, 1.54) is 23.7 Å². The summed E-state index contributed by atoms with van der Waals surface area (Å²) >= 11 is 0. The third-order valence-electron chi connectivity index (χ3n) is 5.44. The number of non-ortho nitro benzene ring substituents is 1. The fourth-order valence-corrected chi connectivity index (χ4v) is 4.02. The second-order valence-electron chi connectivity index (χ2n) is 7.04. The number of nitrogens with zero attached hydrogens (tertiary/aromatic N) is 3. The maximum Gasteiger partial charge on any atom is 0.332 e. The maximum atomic E-state index is 13.0. The van der Waals surface area contributed by atoms with Gasteiger partial charge >= 0.3 is 5.69 Å². The molecule has 2 aliphatic rings. The molecule has 1 atom stereocenters. The topological polar surface area (TPSA) is 116 Å². The van der Waals surface area contributed by atoms with Crippen LogP contribution >= 0.6 is 0 Å². The Kier molecular flexibility index (Phi) is 4.02.